The molecule has 0 radical (unpaired) electrons. The van der Waals surface area contributed by atoms with Gasteiger partial charge in [0.1, 0.15) is 0 Å². The molecule has 1 unspecified atom stereocenters. The summed E-state index contributed by atoms with van der Waals surface area (Å²) in [6.07, 6.45) is 0. The lowest BCUT2D eigenvalue weighted by molar-refractivity contribution is 0.271. The number of hydrogen-bond donors (Lipinski definition) is 2. The first-order chi connectivity index (χ1) is 6.31. The maximum atomic E-state index is 5.90. The number of nitrogens with one attached hydrogen (secondary N) is 2. The minimum Gasteiger partial charge on any atom is -0.316 e. The van der Waals surface area contributed by atoms with Crippen molar-refractivity contribution in [1.29, 1.82) is 0 Å². The van der Waals surface area contributed by atoms with Crippen molar-refractivity contribution < 1.29 is 0 Å². The van der Waals surface area contributed by atoms with E-state index in [9.17, 15) is 0 Å². The van der Waals surface area contributed by atoms with Crippen LogP contribution < -0.4 is 10.6 Å². The molecule has 0 bridgehead atoms. The second kappa shape index (κ2) is 3.96. The second-order valence-electron chi connectivity index (χ2n) is 3.33. The molecule has 0 amide bonds. The number of thiophene rings is 1. The van der Waals surface area contributed by atoms with Crippen LogP contribution in [0.3, 0.4) is 0 Å². The fourth-order valence-electron chi connectivity index (χ4n) is 1.65. The van der Waals surface area contributed by atoms with Gasteiger partial charge in [0.25, 0.3) is 0 Å². The van der Waals surface area contributed by atoms with Crippen molar-refractivity contribution in [3.63, 3.8) is 0 Å². The quantitative estimate of drug-likeness (QED) is 0.807. The minimum atomic E-state index is 0.471. The SMILES string of the molecule is CNC(c1ccc(Cl)s1)C1CNC1. The minimum absolute atomic E-state index is 0.471. The molecule has 2 heterocycles. The molecular weight excluding hydrogens is 204 g/mol. The fraction of sp³-hybridized carbons (Fsp3) is 0.556. The van der Waals surface area contributed by atoms with Gasteiger partial charge in [0.05, 0.1) is 4.34 Å². The Kier molecular flexibility index (Phi) is 2.89. The Morgan fingerprint density at radius 1 is 1.62 bits per heavy atom. The molecule has 1 aliphatic rings. The summed E-state index contributed by atoms with van der Waals surface area (Å²) in [5.74, 6) is 0.722. The Labute approximate surface area is 87.3 Å². The van der Waals surface area contributed by atoms with Gasteiger partial charge in [-0.25, -0.2) is 0 Å². The molecule has 2 nitrogen and oxygen atoms in total. The summed E-state index contributed by atoms with van der Waals surface area (Å²) in [6, 6.07) is 4.56. The molecule has 1 aliphatic heterocycles. The molecule has 1 aromatic heterocycles. The third-order valence-electron chi connectivity index (χ3n) is 2.50. The van der Waals surface area contributed by atoms with E-state index < -0.39 is 0 Å². The summed E-state index contributed by atoms with van der Waals surface area (Å²) in [7, 11) is 2.01. The highest BCUT2D eigenvalue weighted by Gasteiger charge is 2.27. The van der Waals surface area contributed by atoms with E-state index in [2.05, 4.69) is 16.7 Å². The molecule has 1 saturated heterocycles. The van der Waals surface area contributed by atoms with Gasteiger partial charge < -0.3 is 10.6 Å². The van der Waals surface area contributed by atoms with Gasteiger partial charge in [0.2, 0.25) is 0 Å². The van der Waals surface area contributed by atoms with Gasteiger partial charge in [-0.2, -0.15) is 0 Å². The number of rotatable bonds is 3. The Morgan fingerprint density at radius 3 is 2.77 bits per heavy atom. The molecular formula is C9H13ClN2S. The second-order valence-corrected chi connectivity index (χ2v) is 5.07. The highest BCUT2D eigenvalue weighted by molar-refractivity contribution is 7.16. The van der Waals surface area contributed by atoms with Crippen LogP contribution in [0.15, 0.2) is 12.1 Å². The standard InChI is InChI=1S/C9H13ClN2S/c1-11-9(6-4-12-5-6)7-2-3-8(10)13-7/h2-3,6,9,11-12H,4-5H2,1H3. The van der Waals surface area contributed by atoms with E-state index in [1.54, 1.807) is 11.3 Å². The largest absolute Gasteiger partial charge is 0.316 e. The van der Waals surface area contributed by atoms with Crippen LogP contribution in [0.2, 0.25) is 4.34 Å². The van der Waals surface area contributed by atoms with E-state index in [-0.39, 0.29) is 0 Å². The molecule has 0 aromatic carbocycles. The molecule has 13 heavy (non-hydrogen) atoms. The van der Waals surface area contributed by atoms with Crippen molar-refractivity contribution in [3.05, 3.63) is 21.3 Å². The third kappa shape index (κ3) is 1.89. The highest BCUT2D eigenvalue weighted by atomic mass is 35.5. The smallest absolute Gasteiger partial charge is 0.0931 e. The maximum Gasteiger partial charge on any atom is 0.0931 e. The molecule has 1 aromatic rings. The number of halogens is 1. The Balaban J connectivity index is 2.11. The molecule has 0 spiro atoms. The molecule has 72 valence electrons. The van der Waals surface area contributed by atoms with E-state index in [1.165, 1.54) is 4.88 Å². The van der Waals surface area contributed by atoms with Crippen molar-refractivity contribution in [1.82, 2.24) is 10.6 Å². The van der Waals surface area contributed by atoms with Crippen molar-refractivity contribution in [2.75, 3.05) is 20.1 Å². The first-order valence-electron chi connectivity index (χ1n) is 4.44. The van der Waals surface area contributed by atoms with Crippen LogP contribution in [-0.4, -0.2) is 20.1 Å². The zero-order valence-electron chi connectivity index (χ0n) is 7.51. The van der Waals surface area contributed by atoms with Crippen molar-refractivity contribution in [2.45, 2.75) is 6.04 Å². The lowest BCUT2D eigenvalue weighted by Gasteiger charge is -2.34. The molecule has 2 N–H and O–H groups in total. The van der Waals surface area contributed by atoms with Crippen LogP contribution in [0.25, 0.3) is 0 Å². The first-order valence-corrected chi connectivity index (χ1v) is 5.64. The normalized spacial score (nSPS) is 19.8. The Morgan fingerprint density at radius 2 is 2.38 bits per heavy atom. The van der Waals surface area contributed by atoms with E-state index >= 15 is 0 Å². The highest BCUT2D eigenvalue weighted by Crippen LogP contribution is 2.32. The van der Waals surface area contributed by atoms with Crippen molar-refractivity contribution in [3.8, 4) is 0 Å². The van der Waals surface area contributed by atoms with Crippen LogP contribution in [-0.2, 0) is 0 Å². The average molecular weight is 217 g/mol. The van der Waals surface area contributed by atoms with Gasteiger partial charge in [-0.15, -0.1) is 11.3 Å². The predicted molar refractivity (Wildman–Crippen MR) is 57.5 cm³/mol. The van der Waals surface area contributed by atoms with Gasteiger partial charge in [0, 0.05) is 29.9 Å². The first kappa shape index (κ1) is 9.46. The van der Waals surface area contributed by atoms with Gasteiger partial charge in [0.15, 0.2) is 0 Å². The van der Waals surface area contributed by atoms with Crippen LogP contribution >= 0.6 is 22.9 Å². The van der Waals surface area contributed by atoms with E-state index in [0.29, 0.717) is 6.04 Å². The van der Waals surface area contributed by atoms with Crippen LogP contribution in [0, 0.1) is 5.92 Å². The average Bonchev–Trinajstić information content (AvgIpc) is 2.43. The lowest BCUT2D eigenvalue weighted by atomic mass is 9.93. The summed E-state index contributed by atoms with van der Waals surface area (Å²) in [5, 5.41) is 6.63. The van der Waals surface area contributed by atoms with Gasteiger partial charge in [-0.05, 0) is 19.2 Å². The topological polar surface area (TPSA) is 24.1 Å². The van der Waals surface area contributed by atoms with Crippen LogP contribution in [0.5, 0.6) is 0 Å². The predicted octanol–water partition coefficient (Wildman–Crippen LogP) is 1.88. The molecule has 1 fully saturated rings. The maximum absolute atomic E-state index is 5.90. The van der Waals surface area contributed by atoms with Crippen molar-refractivity contribution in [2.24, 2.45) is 5.92 Å². The molecule has 2 rings (SSSR count). The summed E-state index contributed by atoms with van der Waals surface area (Å²) in [5.41, 5.74) is 0. The van der Waals surface area contributed by atoms with Crippen molar-refractivity contribution >= 4 is 22.9 Å². The fourth-order valence-corrected chi connectivity index (χ4v) is 2.92. The molecule has 4 heteroatoms. The zero-order valence-corrected chi connectivity index (χ0v) is 9.08. The van der Waals surface area contributed by atoms with Crippen LogP contribution in [0.1, 0.15) is 10.9 Å². The molecule has 0 aliphatic carbocycles. The van der Waals surface area contributed by atoms with E-state index in [1.807, 2.05) is 13.1 Å². The summed E-state index contributed by atoms with van der Waals surface area (Å²) < 4.78 is 0.877. The lowest BCUT2D eigenvalue weighted by Crippen LogP contribution is -2.48. The molecule has 0 saturated carbocycles. The van der Waals surface area contributed by atoms with Gasteiger partial charge in [-0.3, -0.25) is 0 Å². The van der Waals surface area contributed by atoms with Gasteiger partial charge >= 0.3 is 0 Å². The van der Waals surface area contributed by atoms with E-state index in [0.717, 1.165) is 23.3 Å². The Hall–Kier alpha value is -0.0900. The number of hydrogen-bond acceptors (Lipinski definition) is 3. The monoisotopic (exact) mass is 216 g/mol. The molecule has 1 atom stereocenters. The van der Waals surface area contributed by atoms with E-state index in [4.69, 9.17) is 11.6 Å². The Bertz CT molecular complexity index is 283. The zero-order chi connectivity index (χ0) is 9.26. The van der Waals surface area contributed by atoms with Crippen LogP contribution in [0.4, 0.5) is 0 Å². The summed E-state index contributed by atoms with van der Waals surface area (Å²) in [6.45, 7) is 2.22. The third-order valence-corrected chi connectivity index (χ3v) is 3.81. The summed E-state index contributed by atoms with van der Waals surface area (Å²) >= 11 is 7.58. The van der Waals surface area contributed by atoms with Gasteiger partial charge in [-0.1, -0.05) is 11.6 Å². The summed E-state index contributed by atoms with van der Waals surface area (Å²) in [4.78, 5) is 1.35.